The van der Waals surface area contributed by atoms with Gasteiger partial charge in [0.2, 0.25) is 5.95 Å². The van der Waals surface area contributed by atoms with Crippen molar-refractivity contribution in [1.29, 1.82) is 0 Å². The predicted octanol–water partition coefficient (Wildman–Crippen LogP) is -1.36. The van der Waals surface area contributed by atoms with E-state index in [9.17, 15) is 19.8 Å². The number of nitrogen functional groups attached to an aromatic ring is 1. The van der Waals surface area contributed by atoms with E-state index in [0.717, 1.165) is 15.9 Å². The second kappa shape index (κ2) is 5.15. The van der Waals surface area contributed by atoms with Crippen molar-refractivity contribution in [2.24, 2.45) is 0 Å². The van der Waals surface area contributed by atoms with E-state index in [1.807, 2.05) is 0 Å². The van der Waals surface area contributed by atoms with Gasteiger partial charge in [0.25, 0.3) is 0 Å². The lowest BCUT2D eigenvalue weighted by Gasteiger charge is -2.15. The van der Waals surface area contributed by atoms with Crippen LogP contribution in [0.4, 0.5) is 5.95 Å². The minimum atomic E-state index is -1.35. The van der Waals surface area contributed by atoms with E-state index < -0.39 is 29.4 Å². The van der Waals surface area contributed by atoms with Gasteiger partial charge in [-0.15, -0.1) is 0 Å². The van der Waals surface area contributed by atoms with Crippen LogP contribution in [-0.2, 0) is 9.53 Å². The van der Waals surface area contributed by atoms with Crippen LogP contribution in [0.15, 0.2) is 11.0 Å². The Morgan fingerprint density at radius 2 is 2.24 bits per heavy atom. The summed E-state index contributed by atoms with van der Waals surface area (Å²) >= 11 is 0.877. The molecule has 0 spiro atoms. The maximum atomic E-state index is 12.1. The Labute approximate surface area is 121 Å². The molecule has 1 fully saturated rings. The molecule has 4 N–H and O–H groups in total. The summed E-state index contributed by atoms with van der Waals surface area (Å²) in [4.78, 5) is 30.0. The summed E-state index contributed by atoms with van der Waals surface area (Å²) in [5, 5.41) is 19.9. The Balaban J connectivity index is 2.08. The number of anilines is 1. The number of hydrogen-bond acceptors (Lipinski definition) is 9. The number of fused-ring (bicyclic) bond motifs is 1. The highest BCUT2D eigenvalue weighted by Crippen LogP contribution is 2.32. The Bertz CT molecular complexity index is 744. The minimum absolute atomic E-state index is 0.0217. The van der Waals surface area contributed by atoms with Gasteiger partial charge in [-0.25, -0.2) is 4.98 Å². The molecule has 4 atom stereocenters. The third-order valence-corrected chi connectivity index (χ3v) is 4.18. The second-order valence-electron chi connectivity index (χ2n) is 4.60. The van der Waals surface area contributed by atoms with E-state index in [1.165, 1.54) is 6.20 Å². The van der Waals surface area contributed by atoms with E-state index in [4.69, 9.17) is 10.5 Å². The maximum Gasteiger partial charge on any atom is 0.311 e. The molecule has 10 heteroatoms. The molecule has 0 aromatic carbocycles. The number of rotatable bonds is 3. The highest BCUT2D eigenvalue weighted by molar-refractivity contribution is 7.16. The lowest BCUT2D eigenvalue weighted by atomic mass is 10.1. The molecule has 1 aliphatic heterocycles. The zero-order valence-corrected chi connectivity index (χ0v) is 11.4. The number of aldehydes is 1. The first-order valence-corrected chi connectivity index (χ1v) is 6.93. The number of aliphatic hydroxyl groups is 2. The largest absolute Gasteiger partial charge is 0.388 e. The molecule has 0 saturated carbocycles. The first-order chi connectivity index (χ1) is 10.0. The molecule has 0 amide bonds. The maximum absolute atomic E-state index is 12.1. The number of carbonyl (C=O) groups is 1. The first kappa shape index (κ1) is 14.1. The lowest BCUT2D eigenvalue weighted by molar-refractivity contribution is -0.112. The second-order valence-corrected chi connectivity index (χ2v) is 5.60. The van der Waals surface area contributed by atoms with Gasteiger partial charge in [0.1, 0.15) is 18.5 Å². The van der Waals surface area contributed by atoms with Crippen molar-refractivity contribution >= 4 is 33.9 Å². The van der Waals surface area contributed by atoms with Crippen LogP contribution in [0.2, 0.25) is 0 Å². The summed E-state index contributed by atoms with van der Waals surface area (Å²) in [7, 11) is 0. The van der Waals surface area contributed by atoms with E-state index in [2.05, 4.69) is 9.97 Å². The number of hydrogen-bond donors (Lipinski definition) is 3. The zero-order chi connectivity index (χ0) is 15.1. The highest BCUT2D eigenvalue weighted by Gasteiger charge is 2.44. The number of nitrogens with zero attached hydrogens (tertiary/aromatic N) is 3. The number of carbonyl (C=O) groups excluding carboxylic acids is 1. The topological polar surface area (TPSA) is 141 Å². The summed E-state index contributed by atoms with van der Waals surface area (Å²) in [5.41, 5.74) is 5.73. The Kier molecular flexibility index (Phi) is 3.45. The molecule has 0 radical (unpaired) electrons. The van der Waals surface area contributed by atoms with Crippen LogP contribution in [-0.4, -0.2) is 49.3 Å². The van der Waals surface area contributed by atoms with Crippen molar-refractivity contribution in [2.75, 3.05) is 5.73 Å². The molecule has 3 unspecified atom stereocenters. The van der Waals surface area contributed by atoms with Crippen molar-refractivity contribution in [3.05, 3.63) is 15.9 Å². The monoisotopic (exact) mass is 312 g/mol. The van der Waals surface area contributed by atoms with Gasteiger partial charge < -0.3 is 25.5 Å². The fourth-order valence-electron chi connectivity index (χ4n) is 2.31. The zero-order valence-electron chi connectivity index (χ0n) is 10.6. The molecule has 0 bridgehead atoms. The predicted molar refractivity (Wildman–Crippen MR) is 72.7 cm³/mol. The molecule has 2 aromatic rings. The molecule has 3 heterocycles. The number of aromatic nitrogens is 3. The number of aliphatic hydroxyl groups excluding tert-OH is 2. The van der Waals surface area contributed by atoms with E-state index in [0.29, 0.717) is 11.0 Å². The molecule has 1 aliphatic rings. The Hall–Kier alpha value is -1.88. The molecule has 3 rings (SSSR count). The van der Waals surface area contributed by atoms with E-state index >= 15 is 0 Å². The summed E-state index contributed by atoms with van der Waals surface area (Å²) in [6, 6.07) is 0. The summed E-state index contributed by atoms with van der Waals surface area (Å²) < 4.78 is 7.04. The average molecular weight is 312 g/mol. The van der Waals surface area contributed by atoms with Crippen molar-refractivity contribution < 1.29 is 19.7 Å². The van der Waals surface area contributed by atoms with Crippen LogP contribution in [0, 0.1) is 0 Å². The quantitative estimate of drug-likeness (QED) is 0.590. The Morgan fingerprint density at radius 1 is 1.48 bits per heavy atom. The number of thiazole rings is 1. The van der Waals surface area contributed by atoms with Crippen LogP contribution >= 0.6 is 11.3 Å². The van der Waals surface area contributed by atoms with Crippen molar-refractivity contribution in [1.82, 2.24) is 14.5 Å². The molecule has 0 aliphatic carbocycles. The van der Waals surface area contributed by atoms with Gasteiger partial charge >= 0.3 is 4.87 Å². The molecular weight excluding hydrogens is 300 g/mol. The summed E-state index contributed by atoms with van der Waals surface area (Å²) in [6.45, 7) is 0. The summed E-state index contributed by atoms with van der Waals surface area (Å²) in [5.74, 6) is -0.0217. The molecule has 2 aromatic heterocycles. The van der Waals surface area contributed by atoms with Gasteiger partial charge in [0.05, 0.1) is 17.0 Å². The molecule has 1 saturated heterocycles. The highest BCUT2D eigenvalue weighted by atomic mass is 32.1. The third kappa shape index (κ3) is 2.21. The number of nitrogens with two attached hydrogens (primary N) is 1. The molecule has 9 nitrogen and oxygen atoms in total. The standard InChI is InChI=1S/C11H12N4O5S/c12-10-13-3-5-8(14-10)15(11(19)21-5)9-7(18)6(17)4(20-9)1-2-16/h2-4,6-7,9,17-18H,1H2,(H2,12,13,14)/t4?,6?,7-,9?/m1/s1. The van der Waals surface area contributed by atoms with Gasteiger partial charge in [-0.1, -0.05) is 11.3 Å². The van der Waals surface area contributed by atoms with E-state index in [-0.39, 0.29) is 18.0 Å². The Morgan fingerprint density at radius 3 is 2.95 bits per heavy atom. The fourth-order valence-corrected chi connectivity index (χ4v) is 3.12. The van der Waals surface area contributed by atoms with E-state index in [1.54, 1.807) is 0 Å². The normalized spacial score (nSPS) is 29.0. The SMILES string of the molecule is Nc1ncc2sc(=O)n(C3OC(CC=O)C(O)[C@H]3O)c2n1. The molecule has 21 heavy (non-hydrogen) atoms. The fraction of sp³-hybridized carbons (Fsp3) is 0.455. The molecular formula is C11H12N4O5S. The van der Waals surface area contributed by atoms with Gasteiger partial charge in [0.15, 0.2) is 11.9 Å². The minimum Gasteiger partial charge on any atom is -0.388 e. The third-order valence-electron chi connectivity index (χ3n) is 3.30. The van der Waals surface area contributed by atoms with Crippen LogP contribution in [0.1, 0.15) is 12.6 Å². The van der Waals surface area contributed by atoms with Crippen molar-refractivity contribution in [2.45, 2.75) is 31.0 Å². The average Bonchev–Trinajstić information content (AvgIpc) is 2.90. The van der Waals surface area contributed by atoms with Crippen LogP contribution in [0.25, 0.3) is 10.3 Å². The van der Waals surface area contributed by atoms with Crippen molar-refractivity contribution in [3.63, 3.8) is 0 Å². The summed E-state index contributed by atoms with van der Waals surface area (Å²) in [6.07, 6.45) is -2.70. The van der Waals surface area contributed by atoms with Gasteiger partial charge in [0, 0.05) is 6.42 Å². The lowest BCUT2D eigenvalue weighted by Crippen LogP contribution is -2.33. The number of ether oxygens (including phenoxy) is 1. The first-order valence-electron chi connectivity index (χ1n) is 6.11. The van der Waals surface area contributed by atoms with Crippen LogP contribution in [0.5, 0.6) is 0 Å². The van der Waals surface area contributed by atoms with Crippen molar-refractivity contribution in [3.8, 4) is 0 Å². The van der Waals surface area contributed by atoms with Gasteiger partial charge in [-0.3, -0.25) is 9.36 Å². The smallest absolute Gasteiger partial charge is 0.311 e. The van der Waals surface area contributed by atoms with Gasteiger partial charge in [-0.05, 0) is 0 Å². The van der Waals surface area contributed by atoms with Crippen LogP contribution in [0.3, 0.4) is 0 Å². The molecule has 112 valence electrons. The van der Waals surface area contributed by atoms with Crippen LogP contribution < -0.4 is 10.6 Å². The van der Waals surface area contributed by atoms with Gasteiger partial charge in [-0.2, -0.15) is 4.98 Å².